The molecule has 2 aliphatic heterocycles. The number of carbonyl (C=O) groups excluding carboxylic acids is 2. The van der Waals surface area contributed by atoms with Gasteiger partial charge in [0.25, 0.3) is 0 Å². The Labute approximate surface area is 186 Å². The summed E-state index contributed by atoms with van der Waals surface area (Å²) in [6.45, 7) is 7.77. The predicted molar refractivity (Wildman–Crippen MR) is 121 cm³/mol. The first-order valence-corrected chi connectivity index (χ1v) is 13.1. The number of nitrogens with zero attached hydrogens (tertiary/aromatic N) is 3. The minimum absolute atomic E-state index is 0.0145. The van der Waals surface area contributed by atoms with E-state index in [0.717, 1.165) is 37.9 Å². The second-order valence-electron chi connectivity index (χ2n) is 9.25. The second-order valence-corrected chi connectivity index (χ2v) is 11.2. The van der Waals surface area contributed by atoms with E-state index in [0.29, 0.717) is 38.6 Å². The van der Waals surface area contributed by atoms with Crippen LogP contribution in [0.4, 0.5) is 0 Å². The molecule has 0 radical (unpaired) electrons. The summed E-state index contributed by atoms with van der Waals surface area (Å²) in [6, 6.07) is 8.02. The van der Waals surface area contributed by atoms with Crippen molar-refractivity contribution in [2.45, 2.75) is 33.1 Å². The van der Waals surface area contributed by atoms with Crippen LogP contribution < -0.4 is 0 Å². The van der Waals surface area contributed by atoms with Gasteiger partial charge < -0.3 is 4.90 Å². The van der Waals surface area contributed by atoms with E-state index < -0.39 is 10.0 Å². The van der Waals surface area contributed by atoms with Crippen molar-refractivity contribution in [1.82, 2.24) is 14.1 Å². The number of carbonyl (C=O) groups is 2. The molecule has 0 saturated carbocycles. The van der Waals surface area contributed by atoms with Crippen molar-refractivity contribution < 1.29 is 18.0 Å². The molecule has 1 aromatic carbocycles. The number of sulfonamides is 1. The molecule has 0 aromatic heterocycles. The fourth-order valence-electron chi connectivity index (χ4n) is 4.43. The lowest BCUT2D eigenvalue weighted by molar-refractivity contribution is -0.133. The van der Waals surface area contributed by atoms with Crippen molar-refractivity contribution >= 4 is 21.7 Å². The third kappa shape index (κ3) is 6.60. The first-order valence-electron chi connectivity index (χ1n) is 11.2. The van der Waals surface area contributed by atoms with Crippen molar-refractivity contribution in [3.63, 3.8) is 0 Å². The highest BCUT2D eigenvalue weighted by Gasteiger charge is 2.30. The lowest BCUT2D eigenvalue weighted by atomic mass is 9.88. The van der Waals surface area contributed by atoms with E-state index in [1.54, 1.807) is 4.90 Å². The van der Waals surface area contributed by atoms with E-state index in [9.17, 15) is 18.0 Å². The van der Waals surface area contributed by atoms with Crippen LogP contribution in [0.3, 0.4) is 0 Å². The van der Waals surface area contributed by atoms with Gasteiger partial charge >= 0.3 is 0 Å². The minimum Gasteiger partial charge on any atom is -0.339 e. The first-order chi connectivity index (χ1) is 14.6. The average Bonchev–Trinajstić information content (AvgIpc) is 2.73. The highest BCUT2D eigenvalue weighted by Crippen LogP contribution is 2.22. The third-order valence-corrected chi connectivity index (χ3v) is 7.56. The van der Waals surface area contributed by atoms with Crippen LogP contribution in [0.1, 0.15) is 42.6 Å². The van der Waals surface area contributed by atoms with E-state index in [1.165, 1.54) is 16.1 Å². The molecule has 3 rings (SSSR count). The van der Waals surface area contributed by atoms with E-state index in [4.69, 9.17) is 0 Å². The van der Waals surface area contributed by atoms with Gasteiger partial charge in [0.15, 0.2) is 5.78 Å². The zero-order valence-corrected chi connectivity index (χ0v) is 19.7. The normalized spacial score (nSPS) is 19.7. The number of piperazine rings is 1. The third-order valence-electron chi connectivity index (χ3n) is 6.26. The Morgan fingerprint density at radius 3 is 2.06 bits per heavy atom. The summed E-state index contributed by atoms with van der Waals surface area (Å²) in [5.74, 6) is 0.857. The molecule has 8 heteroatoms. The Kier molecular flexibility index (Phi) is 7.88. The molecule has 0 aliphatic carbocycles. The van der Waals surface area contributed by atoms with Gasteiger partial charge in [-0.15, -0.1) is 0 Å². The molecule has 0 bridgehead atoms. The summed E-state index contributed by atoms with van der Waals surface area (Å²) in [5, 5.41) is 0. The quantitative estimate of drug-likeness (QED) is 0.594. The number of hydrogen-bond donors (Lipinski definition) is 0. The molecule has 1 aromatic rings. The maximum absolute atomic E-state index is 12.9. The molecule has 0 unspecified atom stereocenters. The Morgan fingerprint density at radius 1 is 0.968 bits per heavy atom. The summed E-state index contributed by atoms with van der Waals surface area (Å²) >= 11 is 0. The molecule has 31 heavy (non-hydrogen) atoms. The van der Waals surface area contributed by atoms with Gasteiger partial charge in [0.05, 0.1) is 12.8 Å². The maximum atomic E-state index is 12.9. The lowest BCUT2D eigenvalue weighted by Crippen LogP contribution is -2.53. The molecule has 1 amide bonds. The SMILES string of the molecule is CC(C)Cc1ccc(C(=O)C2CCN(CC(=O)N3CCN(S(C)(=O)=O)CC3)CC2)cc1. The van der Waals surface area contributed by atoms with Gasteiger partial charge in [-0.25, -0.2) is 8.42 Å². The van der Waals surface area contributed by atoms with Crippen molar-refractivity contribution in [3.8, 4) is 0 Å². The van der Waals surface area contributed by atoms with Crippen LogP contribution in [-0.4, -0.2) is 86.3 Å². The highest BCUT2D eigenvalue weighted by molar-refractivity contribution is 7.88. The van der Waals surface area contributed by atoms with Gasteiger partial charge in [-0.05, 0) is 43.8 Å². The van der Waals surface area contributed by atoms with Gasteiger partial charge in [0, 0.05) is 37.7 Å². The van der Waals surface area contributed by atoms with E-state index in [-0.39, 0.29) is 17.6 Å². The maximum Gasteiger partial charge on any atom is 0.236 e. The number of piperidine rings is 1. The fourth-order valence-corrected chi connectivity index (χ4v) is 5.25. The molecule has 172 valence electrons. The highest BCUT2D eigenvalue weighted by atomic mass is 32.2. The second kappa shape index (κ2) is 10.2. The van der Waals surface area contributed by atoms with Gasteiger partial charge in [-0.3, -0.25) is 14.5 Å². The molecule has 0 N–H and O–H groups in total. The van der Waals surface area contributed by atoms with Gasteiger partial charge in [-0.1, -0.05) is 38.1 Å². The topological polar surface area (TPSA) is 78.0 Å². The molecule has 2 aliphatic rings. The number of benzene rings is 1. The number of hydrogen-bond acceptors (Lipinski definition) is 5. The van der Waals surface area contributed by atoms with Gasteiger partial charge in [0.1, 0.15) is 0 Å². The average molecular weight is 450 g/mol. The van der Waals surface area contributed by atoms with Crippen LogP contribution in [0.25, 0.3) is 0 Å². The number of likely N-dealkylation sites (tertiary alicyclic amines) is 1. The Bertz CT molecular complexity index is 867. The Morgan fingerprint density at radius 2 is 1.55 bits per heavy atom. The fraction of sp³-hybridized carbons (Fsp3) is 0.652. The molecule has 7 nitrogen and oxygen atoms in total. The van der Waals surface area contributed by atoms with E-state index >= 15 is 0 Å². The monoisotopic (exact) mass is 449 g/mol. The van der Waals surface area contributed by atoms with Gasteiger partial charge in [-0.2, -0.15) is 4.31 Å². The molecule has 0 spiro atoms. The van der Waals surface area contributed by atoms with Crippen molar-refractivity contribution in [3.05, 3.63) is 35.4 Å². The minimum atomic E-state index is -3.19. The molecular formula is C23H35N3O4S. The summed E-state index contributed by atoms with van der Waals surface area (Å²) in [7, 11) is -3.19. The van der Waals surface area contributed by atoms with Crippen LogP contribution >= 0.6 is 0 Å². The van der Waals surface area contributed by atoms with Crippen molar-refractivity contribution in [1.29, 1.82) is 0 Å². The van der Waals surface area contributed by atoms with Gasteiger partial charge in [0.2, 0.25) is 15.9 Å². The number of amides is 1. The van der Waals surface area contributed by atoms with E-state index in [2.05, 4.69) is 30.9 Å². The van der Waals surface area contributed by atoms with Crippen LogP contribution in [0.2, 0.25) is 0 Å². The summed E-state index contributed by atoms with van der Waals surface area (Å²) in [4.78, 5) is 29.4. The lowest BCUT2D eigenvalue weighted by Gasteiger charge is -2.36. The summed E-state index contributed by atoms with van der Waals surface area (Å²) in [6.07, 6.45) is 3.75. The summed E-state index contributed by atoms with van der Waals surface area (Å²) < 4.78 is 24.6. The smallest absolute Gasteiger partial charge is 0.236 e. The zero-order chi connectivity index (χ0) is 22.6. The van der Waals surface area contributed by atoms with E-state index in [1.807, 2.05) is 12.1 Å². The van der Waals surface area contributed by atoms with Crippen molar-refractivity contribution in [2.24, 2.45) is 11.8 Å². The van der Waals surface area contributed by atoms with Crippen LogP contribution in [0, 0.1) is 11.8 Å². The Hall–Kier alpha value is -1.77. The van der Waals surface area contributed by atoms with Crippen LogP contribution in [0.15, 0.2) is 24.3 Å². The summed E-state index contributed by atoms with van der Waals surface area (Å²) in [5.41, 5.74) is 2.04. The molecule has 2 saturated heterocycles. The molecule has 2 fully saturated rings. The van der Waals surface area contributed by atoms with Crippen molar-refractivity contribution in [2.75, 3.05) is 52.1 Å². The van der Waals surface area contributed by atoms with Crippen LogP contribution in [0.5, 0.6) is 0 Å². The standard InChI is InChI=1S/C23H35N3O4S/c1-18(2)16-19-4-6-20(7-5-19)23(28)21-8-10-24(11-9-21)17-22(27)25-12-14-26(15-13-25)31(3,29)30/h4-7,18,21H,8-17H2,1-3H3. The number of ketones is 1. The number of Topliss-reactive ketones (excluding diaryl/α,β-unsaturated/α-hetero) is 1. The number of rotatable bonds is 7. The predicted octanol–water partition coefficient (Wildman–Crippen LogP) is 1.88. The molecular weight excluding hydrogens is 414 g/mol. The zero-order valence-electron chi connectivity index (χ0n) is 18.9. The molecule has 0 atom stereocenters. The van der Waals surface area contributed by atoms with Crippen LogP contribution in [-0.2, 0) is 21.2 Å². The first kappa shape index (κ1) is 23.9. The Balaban J connectivity index is 1.44. The largest absolute Gasteiger partial charge is 0.339 e. The molecule has 2 heterocycles.